The fourth-order valence-corrected chi connectivity index (χ4v) is 2.40. The monoisotopic (exact) mass is 477 g/mol. The van der Waals surface area contributed by atoms with E-state index < -0.39 is 57.1 Å². The highest BCUT2D eigenvalue weighted by Gasteiger charge is 2.34. The summed E-state index contributed by atoms with van der Waals surface area (Å²) in [6.45, 7) is 0. The molecule has 0 aliphatic heterocycles. The Bertz CT molecular complexity index is 932. The van der Waals surface area contributed by atoms with Gasteiger partial charge in [-0.1, -0.05) is 5.11 Å². The van der Waals surface area contributed by atoms with Crippen LogP contribution in [0.3, 0.4) is 0 Å². The van der Waals surface area contributed by atoms with Gasteiger partial charge >= 0.3 is 12.5 Å². The largest absolute Gasteiger partial charge is 0.573 e. The first kappa shape index (κ1) is 21.6. The van der Waals surface area contributed by atoms with Gasteiger partial charge < -0.3 is 9.47 Å². The van der Waals surface area contributed by atoms with Gasteiger partial charge in [0.2, 0.25) is 0 Å². The van der Waals surface area contributed by atoms with Crippen molar-refractivity contribution in [2.45, 2.75) is 12.5 Å². The Hall–Kier alpha value is -2.73. The zero-order valence-corrected chi connectivity index (χ0v) is 14.5. The summed E-state index contributed by atoms with van der Waals surface area (Å²) >= 11 is 2.75. The smallest absolute Gasteiger partial charge is 0.449 e. The van der Waals surface area contributed by atoms with Crippen LogP contribution in [-0.4, -0.2) is 6.36 Å². The maximum atomic E-state index is 13.9. The van der Waals surface area contributed by atoms with Crippen LogP contribution in [0.4, 0.5) is 40.8 Å². The number of nitrogens with zero attached hydrogens (tertiary/aromatic N) is 3. The molecule has 0 amide bonds. The van der Waals surface area contributed by atoms with E-state index in [1.165, 1.54) is 0 Å². The summed E-state index contributed by atoms with van der Waals surface area (Å²) in [6.07, 6.45) is -10.1. The lowest BCUT2D eigenvalue weighted by molar-refractivity contribution is -0.274. The SMILES string of the molecule is [N-]=[N+]=Nc1cc(OC(F)(F)F)cc(Br)c1Oc1c(F)cc(C(F)(F)F)cc1F. The maximum Gasteiger partial charge on any atom is 0.573 e. The highest BCUT2D eigenvalue weighted by atomic mass is 79.9. The van der Waals surface area contributed by atoms with Crippen molar-refractivity contribution in [3.63, 3.8) is 0 Å². The third kappa shape index (κ3) is 5.16. The summed E-state index contributed by atoms with van der Waals surface area (Å²) in [5.74, 6) is -6.32. The Balaban J connectivity index is 2.53. The molecular weight excluding hydrogens is 474 g/mol. The van der Waals surface area contributed by atoms with E-state index in [1.54, 1.807) is 0 Å². The molecule has 0 bridgehead atoms. The summed E-state index contributed by atoms with van der Waals surface area (Å²) < 4.78 is 111. The first-order chi connectivity index (χ1) is 12.8. The van der Waals surface area contributed by atoms with E-state index in [9.17, 15) is 35.1 Å². The summed E-state index contributed by atoms with van der Waals surface area (Å²) in [7, 11) is 0. The second kappa shape index (κ2) is 7.72. The Labute approximate surface area is 158 Å². The van der Waals surface area contributed by atoms with Crippen molar-refractivity contribution in [1.82, 2.24) is 0 Å². The van der Waals surface area contributed by atoms with Gasteiger partial charge in [-0.05, 0) is 45.7 Å². The number of halogens is 9. The van der Waals surface area contributed by atoms with Gasteiger partial charge in [-0.2, -0.15) is 13.2 Å². The van der Waals surface area contributed by atoms with Crippen LogP contribution >= 0.6 is 15.9 Å². The van der Waals surface area contributed by atoms with Gasteiger partial charge in [0.05, 0.1) is 15.7 Å². The highest BCUT2D eigenvalue weighted by Crippen LogP contribution is 2.44. The van der Waals surface area contributed by atoms with E-state index in [1.807, 2.05) is 0 Å². The lowest BCUT2D eigenvalue weighted by Crippen LogP contribution is -2.17. The molecule has 0 saturated carbocycles. The molecular formula is C14H4BrF8N3O2. The van der Waals surface area contributed by atoms with Crippen LogP contribution in [0.1, 0.15) is 5.56 Å². The normalized spacial score (nSPS) is 11.8. The quantitative estimate of drug-likeness (QED) is 0.199. The van der Waals surface area contributed by atoms with Crippen LogP contribution in [0.5, 0.6) is 17.2 Å². The molecule has 0 unspecified atom stereocenters. The van der Waals surface area contributed by atoms with Crippen molar-refractivity contribution >= 4 is 21.6 Å². The minimum absolute atomic E-state index is 0.0410. The van der Waals surface area contributed by atoms with Crippen molar-refractivity contribution in [2.24, 2.45) is 5.11 Å². The van der Waals surface area contributed by atoms with Crippen LogP contribution < -0.4 is 9.47 Å². The molecule has 0 aliphatic carbocycles. The van der Waals surface area contributed by atoms with Crippen LogP contribution in [0, 0.1) is 11.6 Å². The number of hydrogen-bond donors (Lipinski definition) is 0. The zero-order chi connectivity index (χ0) is 21.3. The van der Waals surface area contributed by atoms with Crippen LogP contribution in [-0.2, 0) is 6.18 Å². The Morgan fingerprint density at radius 1 is 0.929 bits per heavy atom. The van der Waals surface area contributed by atoms with Gasteiger partial charge in [-0.15, -0.1) is 13.2 Å². The molecule has 0 spiro atoms. The van der Waals surface area contributed by atoms with Crippen molar-refractivity contribution in [2.75, 3.05) is 0 Å². The molecule has 0 radical (unpaired) electrons. The molecule has 0 aliphatic rings. The molecule has 2 rings (SSSR count). The molecule has 2 aromatic carbocycles. The Morgan fingerprint density at radius 2 is 1.50 bits per heavy atom. The van der Waals surface area contributed by atoms with E-state index in [0.717, 1.165) is 0 Å². The number of alkyl halides is 6. The third-order valence-electron chi connectivity index (χ3n) is 2.91. The molecule has 0 saturated heterocycles. The maximum absolute atomic E-state index is 13.9. The molecule has 0 N–H and O–H groups in total. The first-order valence-corrected chi connectivity index (χ1v) is 7.49. The summed E-state index contributed by atoms with van der Waals surface area (Å²) in [5, 5.41) is 3.02. The van der Waals surface area contributed by atoms with Crippen molar-refractivity contribution in [3.8, 4) is 17.2 Å². The number of hydrogen-bond acceptors (Lipinski definition) is 3. The summed E-state index contributed by atoms with van der Waals surface area (Å²) in [6, 6.07) is 1.15. The van der Waals surface area contributed by atoms with E-state index in [4.69, 9.17) is 10.3 Å². The topological polar surface area (TPSA) is 67.2 Å². The van der Waals surface area contributed by atoms with E-state index >= 15 is 0 Å². The second-order valence-electron chi connectivity index (χ2n) is 4.86. The van der Waals surface area contributed by atoms with E-state index in [2.05, 4.69) is 30.7 Å². The molecule has 28 heavy (non-hydrogen) atoms. The van der Waals surface area contributed by atoms with Gasteiger partial charge in [0.1, 0.15) is 5.75 Å². The second-order valence-corrected chi connectivity index (χ2v) is 5.71. The highest BCUT2D eigenvalue weighted by molar-refractivity contribution is 9.10. The molecule has 5 nitrogen and oxygen atoms in total. The average molecular weight is 478 g/mol. The zero-order valence-electron chi connectivity index (χ0n) is 12.9. The van der Waals surface area contributed by atoms with E-state index in [0.29, 0.717) is 12.1 Å². The fourth-order valence-electron chi connectivity index (χ4n) is 1.89. The average Bonchev–Trinajstić information content (AvgIpc) is 2.50. The van der Waals surface area contributed by atoms with Gasteiger partial charge in [-0.25, -0.2) is 8.78 Å². The summed E-state index contributed by atoms with van der Waals surface area (Å²) in [4.78, 5) is 2.33. The van der Waals surface area contributed by atoms with Crippen LogP contribution in [0.15, 0.2) is 33.9 Å². The van der Waals surface area contributed by atoms with Gasteiger partial charge in [0, 0.05) is 4.91 Å². The Kier molecular flexibility index (Phi) is 5.94. The molecule has 2 aromatic rings. The Morgan fingerprint density at radius 3 is 1.96 bits per heavy atom. The number of azide groups is 1. The molecule has 150 valence electrons. The van der Waals surface area contributed by atoms with Crippen molar-refractivity contribution in [3.05, 3.63) is 56.4 Å². The van der Waals surface area contributed by atoms with Gasteiger partial charge in [0.25, 0.3) is 0 Å². The molecule has 0 aromatic heterocycles. The minimum atomic E-state index is -5.10. The third-order valence-corrected chi connectivity index (χ3v) is 3.50. The molecule has 0 heterocycles. The predicted molar refractivity (Wildman–Crippen MR) is 81.1 cm³/mol. The predicted octanol–water partition coefficient (Wildman–Crippen LogP) is 7.38. The van der Waals surface area contributed by atoms with Crippen molar-refractivity contribution < 1.29 is 44.6 Å². The number of ether oxygens (including phenoxy) is 2. The number of rotatable bonds is 4. The number of benzene rings is 2. The minimum Gasteiger partial charge on any atom is -0.449 e. The fraction of sp³-hybridized carbons (Fsp3) is 0.143. The van der Waals surface area contributed by atoms with Crippen LogP contribution in [0.25, 0.3) is 10.4 Å². The van der Waals surface area contributed by atoms with Crippen LogP contribution in [0.2, 0.25) is 0 Å². The van der Waals surface area contributed by atoms with Crippen molar-refractivity contribution in [1.29, 1.82) is 0 Å². The first-order valence-electron chi connectivity index (χ1n) is 6.70. The van der Waals surface area contributed by atoms with E-state index in [-0.39, 0.29) is 12.1 Å². The lowest BCUT2D eigenvalue weighted by atomic mass is 10.2. The summed E-state index contributed by atoms with van der Waals surface area (Å²) in [5.41, 5.74) is 6.20. The molecule has 14 heteroatoms. The molecule has 0 fully saturated rings. The lowest BCUT2D eigenvalue weighted by Gasteiger charge is -2.16. The molecule has 0 atom stereocenters. The van der Waals surface area contributed by atoms with Gasteiger partial charge in [0.15, 0.2) is 23.1 Å². The van der Waals surface area contributed by atoms with Gasteiger partial charge in [-0.3, -0.25) is 0 Å². The standard InChI is InChI=1S/C14H4BrF8N3O2/c15-7-3-6(28-14(21,22)23)4-10(25-26-24)11(7)27-12-8(16)1-5(2-9(12)17)13(18,19)20/h1-4H.